The number of quaternary nitrogens is 1. The van der Waals surface area contributed by atoms with Gasteiger partial charge >= 0.3 is 19.8 Å². The number of phosphoric ester groups is 1. The average Bonchev–Trinajstić information content (AvgIpc) is 3.24. The van der Waals surface area contributed by atoms with Crippen LogP contribution in [0.15, 0.2) is 122 Å². The van der Waals surface area contributed by atoms with Crippen LogP contribution >= 0.6 is 7.82 Å². The van der Waals surface area contributed by atoms with E-state index < -0.39 is 38.6 Å². The van der Waals surface area contributed by atoms with E-state index in [2.05, 4.69) is 111 Å². The van der Waals surface area contributed by atoms with Crippen molar-refractivity contribution in [3.05, 3.63) is 122 Å². The van der Waals surface area contributed by atoms with E-state index >= 15 is 0 Å². The zero-order valence-corrected chi connectivity index (χ0v) is 40.5. The molecule has 0 saturated heterocycles. The Bertz CT molecular complexity index is 1500. The lowest BCUT2D eigenvalue weighted by Gasteiger charge is -2.24. The largest absolute Gasteiger partial charge is 0.472 e. The summed E-state index contributed by atoms with van der Waals surface area (Å²) in [6.07, 6.45) is 55.8. The van der Waals surface area contributed by atoms with E-state index in [-0.39, 0.29) is 32.5 Å². The molecule has 0 heterocycles. The minimum Gasteiger partial charge on any atom is -0.462 e. The number of carbonyl (C=O) groups excluding carboxylic acids is 2. The molecule has 0 radical (unpaired) electrons. The van der Waals surface area contributed by atoms with Gasteiger partial charge in [0.15, 0.2) is 6.10 Å². The molecule has 11 heteroatoms. The third-order valence-electron chi connectivity index (χ3n) is 9.09. The van der Waals surface area contributed by atoms with E-state index in [0.29, 0.717) is 17.4 Å². The molecule has 0 fully saturated rings. The fraction of sp³-hybridized carbons (Fsp3) is 0.577. The fourth-order valence-electron chi connectivity index (χ4n) is 5.40. The summed E-state index contributed by atoms with van der Waals surface area (Å²) in [6.45, 7) is 3.93. The number of unbranched alkanes of at least 4 members (excludes halogenated alkanes) is 6. The molecule has 2 N–H and O–H groups in total. The summed E-state index contributed by atoms with van der Waals surface area (Å²) in [7, 11) is 1.31. The van der Waals surface area contributed by atoms with Crippen molar-refractivity contribution in [3.63, 3.8) is 0 Å². The zero-order valence-electron chi connectivity index (χ0n) is 39.6. The van der Waals surface area contributed by atoms with Crippen LogP contribution in [0, 0.1) is 0 Å². The SMILES string of the molecule is CC/C=C\C/C=C\C/C=C\C/C=C\C/C=C\C=C/C(O)CCC(=O)OC[C@H](COP(=O)(O)OCC[N+](C)(C)C)OC(=O)CCCCC/C=C\C/C=C\C/C=C\C/C=C\CCCCC. The van der Waals surface area contributed by atoms with Crippen LogP contribution in [-0.2, 0) is 32.7 Å². The highest BCUT2D eigenvalue weighted by Gasteiger charge is 2.27. The van der Waals surface area contributed by atoms with E-state index in [1.165, 1.54) is 25.7 Å². The van der Waals surface area contributed by atoms with Crippen LogP contribution < -0.4 is 0 Å². The van der Waals surface area contributed by atoms with Crippen molar-refractivity contribution in [2.75, 3.05) is 47.5 Å². The second-order valence-corrected chi connectivity index (χ2v) is 17.7. The van der Waals surface area contributed by atoms with E-state index in [1.807, 2.05) is 33.3 Å². The summed E-state index contributed by atoms with van der Waals surface area (Å²) in [5, 5.41) is 10.3. The van der Waals surface area contributed by atoms with E-state index in [1.54, 1.807) is 12.2 Å². The first-order valence-electron chi connectivity index (χ1n) is 23.4. The van der Waals surface area contributed by atoms with Gasteiger partial charge in [-0.2, -0.15) is 0 Å². The number of carbonyl (C=O) groups is 2. The normalized spacial score (nSPS) is 15.1. The Labute approximate surface area is 382 Å². The third-order valence-corrected chi connectivity index (χ3v) is 10.1. The Hall–Kier alpha value is -3.63. The number of likely N-dealkylation sites (N-methyl/N-ethyl adjacent to an activating group) is 1. The van der Waals surface area contributed by atoms with Crippen LogP contribution in [-0.4, -0.2) is 86.1 Å². The molecule has 356 valence electrons. The Balaban J connectivity index is 4.64. The minimum atomic E-state index is -4.45. The number of phosphoric acid groups is 1. The summed E-state index contributed by atoms with van der Waals surface area (Å²) in [6, 6.07) is 0. The summed E-state index contributed by atoms with van der Waals surface area (Å²) in [5.41, 5.74) is 0. The Morgan fingerprint density at radius 3 is 1.62 bits per heavy atom. The molecule has 0 aliphatic rings. The van der Waals surface area contributed by atoms with Crippen molar-refractivity contribution in [2.24, 2.45) is 0 Å². The number of rotatable bonds is 40. The van der Waals surface area contributed by atoms with E-state index in [9.17, 15) is 24.2 Å². The Kier molecular flexibility index (Phi) is 39.9. The number of hydrogen-bond donors (Lipinski definition) is 2. The number of aliphatic hydroxyl groups is 1. The van der Waals surface area contributed by atoms with Gasteiger partial charge in [0, 0.05) is 12.8 Å². The van der Waals surface area contributed by atoms with Gasteiger partial charge in [-0.25, -0.2) is 4.57 Å². The summed E-state index contributed by atoms with van der Waals surface area (Å²) < 4.78 is 34.1. The van der Waals surface area contributed by atoms with Gasteiger partial charge in [0.2, 0.25) is 0 Å². The van der Waals surface area contributed by atoms with Gasteiger partial charge in [0.1, 0.15) is 19.8 Å². The number of nitrogens with zero attached hydrogens (tertiary/aromatic N) is 1. The maximum atomic E-state index is 12.7. The molecular weight excluding hydrogens is 814 g/mol. The number of aliphatic hydroxyl groups excluding tert-OH is 1. The topological polar surface area (TPSA) is 129 Å². The van der Waals surface area contributed by atoms with Crippen molar-refractivity contribution < 1.29 is 47.2 Å². The minimum absolute atomic E-state index is 0.0182. The molecule has 0 rings (SSSR count). The van der Waals surface area contributed by atoms with Crippen LogP contribution in [0.4, 0.5) is 0 Å². The van der Waals surface area contributed by atoms with Crippen molar-refractivity contribution in [1.29, 1.82) is 0 Å². The lowest BCUT2D eigenvalue weighted by atomic mass is 10.1. The fourth-order valence-corrected chi connectivity index (χ4v) is 6.14. The first kappa shape index (κ1) is 59.4. The number of esters is 2. The predicted molar refractivity (Wildman–Crippen MR) is 262 cm³/mol. The van der Waals surface area contributed by atoms with Gasteiger partial charge in [-0.05, 0) is 89.9 Å². The number of ether oxygens (including phenoxy) is 2. The molecule has 0 spiro atoms. The lowest BCUT2D eigenvalue weighted by molar-refractivity contribution is -0.870. The summed E-state index contributed by atoms with van der Waals surface area (Å²) >= 11 is 0. The first-order chi connectivity index (χ1) is 30.4. The Morgan fingerprint density at radius 2 is 1.10 bits per heavy atom. The maximum Gasteiger partial charge on any atom is 0.472 e. The Morgan fingerprint density at radius 1 is 0.587 bits per heavy atom. The van der Waals surface area contributed by atoms with Crippen LogP contribution in [0.3, 0.4) is 0 Å². The summed E-state index contributed by atoms with van der Waals surface area (Å²) in [4.78, 5) is 35.5. The highest BCUT2D eigenvalue weighted by atomic mass is 31.2. The number of allylic oxidation sites excluding steroid dienone is 19. The molecule has 0 aliphatic heterocycles. The van der Waals surface area contributed by atoms with Gasteiger partial charge in [-0.3, -0.25) is 18.6 Å². The van der Waals surface area contributed by atoms with Gasteiger partial charge in [0.05, 0.1) is 33.9 Å². The second kappa shape index (κ2) is 42.3. The molecule has 10 nitrogen and oxygen atoms in total. The van der Waals surface area contributed by atoms with Gasteiger partial charge in [0.25, 0.3) is 0 Å². The molecule has 2 unspecified atom stereocenters. The molecule has 0 aliphatic carbocycles. The highest BCUT2D eigenvalue weighted by Crippen LogP contribution is 2.43. The molecule has 0 amide bonds. The van der Waals surface area contributed by atoms with Crippen LogP contribution in [0.2, 0.25) is 0 Å². The first-order valence-corrected chi connectivity index (χ1v) is 24.9. The van der Waals surface area contributed by atoms with Crippen LogP contribution in [0.25, 0.3) is 0 Å². The average molecular weight is 899 g/mol. The highest BCUT2D eigenvalue weighted by molar-refractivity contribution is 7.47. The molecule has 63 heavy (non-hydrogen) atoms. The van der Waals surface area contributed by atoms with E-state index in [0.717, 1.165) is 70.6 Å². The molecule has 0 aromatic heterocycles. The van der Waals surface area contributed by atoms with Gasteiger partial charge in [-0.1, -0.05) is 155 Å². The van der Waals surface area contributed by atoms with Crippen molar-refractivity contribution in [3.8, 4) is 0 Å². The van der Waals surface area contributed by atoms with Crippen LogP contribution in [0.5, 0.6) is 0 Å². The second-order valence-electron chi connectivity index (χ2n) is 16.2. The molecule has 0 aromatic carbocycles. The summed E-state index contributed by atoms with van der Waals surface area (Å²) in [5.74, 6) is -1.13. The molecule has 0 saturated carbocycles. The predicted octanol–water partition coefficient (Wildman–Crippen LogP) is 12.7. The molecule has 3 atom stereocenters. The zero-order chi connectivity index (χ0) is 46.5. The quantitative estimate of drug-likeness (QED) is 0.0154. The lowest BCUT2D eigenvalue weighted by Crippen LogP contribution is -2.37. The van der Waals surface area contributed by atoms with Crippen molar-refractivity contribution >= 4 is 19.8 Å². The van der Waals surface area contributed by atoms with Crippen molar-refractivity contribution in [1.82, 2.24) is 0 Å². The standard InChI is InChI=1S/C52H84NO9P/c1-6-8-10-12-14-16-18-20-22-24-25-26-28-30-32-34-36-38-40-42-52(56)62-50(48-61-63(57,58)60-46-45-53(3,4)5)47-59-51(55)44-43-49(54)41-39-37-35-33-31-29-27-23-21-19-17-15-13-11-9-7-2/h9,11,14-17,20-23,25-26,29-32,35,37,39,41,49-50,54H,6-8,10,12-13,18-19,24,27-28,33-34,36,38,40,42-48H2,1-5H3/p+1/b11-9-,16-14-,17-15-,22-20-,23-21-,26-25-,31-29-,32-30-,37-35-,41-39-/t49?,50-/m1/s1. The third kappa shape index (κ3) is 46.2. The molecule has 0 bridgehead atoms. The molecule has 0 aromatic rings. The maximum absolute atomic E-state index is 12.7. The van der Waals surface area contributed by atoms with E-state index in [4.69, 9.17) is 18.5 Å². The van der Waals surface area contributed by atoms with Gasteiger partial charge < -0.3 is 24.0 Å². The number of hydrogen-bond acceptors (Lipinski definition) is 8. The van der Waals surface area contributed by atoms with Crippen LogP contribution in [0.1, 0.15) is 136 Å². The van der Waals surface area contributed by atoms with Gasteiger partial charge in [-0.15, -0.1) is 0 Å². The van der Waals surface area contributed by atoms with Crippen molar-refractivity contribution in [2.45, 2.75) is 148 Å². The smallest absolute Gasteiger partial charge is 0.462 e. The molecular formula is C52H85NO9P+. The monoisotopic (exact) mass is 899 g/mol.